The maximum Gasteiger partial charge on any atom is 0.130 e. The summed E-state index contributed by atoms with van der Waals surface area (Å²) in [5, 5.41) is 2.40. The molecule has 0 atom stereocenters. The van der Waals surface area contributed by atoms with Crippen molar-refractivity contribution in [1.29, 1.82) is 0 Å². The smallest absolute Gasteiger partial charge is 0.130 e. The van der Waals surface area contributed by atoms with Crippen LogP contribution >= 0.6 is 11.2 Å². The van der Waals surface area contributed by atoms with Crippen molar-refractivity contribution in [3.8, 4) is 0 Å². The zero-order chi connectivity index (χ0) is 12.2. The molecule has 0 radical (unpaired) electrons. The topological polar surface area (TPSA) is 0 Å². The fraction of sp³-hybridized carbons (Fsp3) is 0.846. The second-order valence-electron chi connectivity index (χ2n) is 5.63. The minimum atomic E-state index is -1.25. The lowest BCUT2D eigenvalue weighted by atomic mass is 10.4. The van der Waals surface area contributed by atoms with Crippen LogP contribution in [0.1, 0.15) is 55.4 Å². The highest BCUT2D eigenvalue weighted by Gasteiger charge is 2.42. The van der Waals surface area contributed by atoms with Gasteiger partial charge in [0.2, 0.25) is 0 Å². The van der Waals surface area contributed by atoms with Gasteiger partial charge in [-0.05, 0) is 35.9 Å². The average Bonchev–Trinajstić information content (AvgIpc) is 2.02. The van der Waals surface area contributed by atoms with Gasteiger partial charge in [-0.2, -0.15) is 11.2 Å². The summed E-state index contributed by atoms with van der Waals surface area (Å²) in [6, 6.07) is 0. The molecule has 2 heteroatoms. The summed E-state index contributed by atoms with van der Waals surface area (Å²) in [7, 11) is -1.25. The van der Waals surface area contributed by atoms with Crippen LogP contribution in [0.5, 0.6) is 0 Å². The van der Waals surface area contributed by atoms with E-state index in [-0.39, 0.29) is 0 Å². The second kappa shape index (κ2) is 6.14. The highest BCUT2D eigenvalue weighted by Crippen LogP contribution is 2.49. The fourth-order valence-corrected chi connectivity index (χ4v) is 11.7. The van der Waals surface area contributed by atoms with Crippen LogP contribution in [0.2, 0.25) is 16.6 Å². The van der Waals surface area contributed by atoms with Crippen LogP contribution in [0.25, 0.3) is 0 Å². The van der Waals surface area contributed by atoms with Gasteiger partial charge in [-0.3, -0.25) is 0 Å². The molecular weight excluding hydrogens is 216 g/mol. The van der Waals surface area contributed by atoms with Crippen LogP contribution in [0, 0.1) is 0 Å². The maximum absolute atomic E-state index is 2.41. The summed E-state index contributed by atoms with van der Waals surface area (Å²) < 4.78 is 0. The number of hydrogen-bond donors (Lipinski definition) is 0. The zero-order valence-electron chi connectivity index (χ0n) is 11.7. The van der Waals surface area contributed by atoms with Crippen LogP contribution < -0.4 is 0 Å². The van der Waals surface area contributed by atoms with Crippen LogP contribution in [0.15, 0.2) is 11.0 Å². The number of rotatable bonds is 5. The van der Waals surface area contributed by atoms with Crippen molar-refractivity contribution in [2.75, 3.05) is 0 Å². The molecule has 0 spiro atoms. The summed E-state index contributed by atoms with van der Waals surface area (Å²) in [5.41, 5.74) is 3.98. The SMILES string of the molecule is CC(C)=CS[Si](C(C)C)(C(C)C)C(C)C. The van der Waals surface area contributed by atoms with E-state index in [1.807, 2.05) is 0 Å². The maximum atomic E-state index is 2.41. The van der Waals surface area contributed by atoms with E-state index in [0.29, 0.717) is 0 Å². The predicted molar refractivity (Wildman–Crippen MR) is 78.1 cm³/mol. The number of allylic oxidation sites excluding steroid dienone is 1. The molecular formula is C13H28SSi. The van der Waals surface area contributed by atoms with E-state index in [9.17, 15) is 0 Å². The standard InChI is InChI=1S/C13H28SSi/c1-10(2)9-14-15(11(3)4,12(5)6)13(7)8/h9,11-13H,1-8H3. The van der Waals surface area contributed by atoms with Gasteiger partial charge >= 0.3 is 0 Å². The molecule has 0 aliphatic carbocycles. The Balaban J connectivity index is 5.06. The quantitative estimate of drug-likeness (QED) is 0.549. The first-order valence-electron chi connectivity index (χ1n) is 6.06. The first kappa shape index (κ1) is 15.3. The Bertz CT molecular complexity index is 191. The highest BCUT2D eigenvalue weighted by molar-refractivity contribution is 8.31. The molecule has 90 valence electrons. The van der Waals surface area contributed by atoms with Crippen LogP contribution in [-0.2, 0) is 0 Å². The molecule has 0 nitrogen and oxygen atoms in total. The highest BCUT2D eigenvalue weighted by atomic mass is 32.4. The first-order valence-corrected chi connectivity index (χ1v) is 9.90. The van der Waals surface area contributed by atoms with Crippen molar-refractivity contribution in [1.82, 2.24) is 0 Å². The minimum Gasteiger partial charge on any atom is -0.158 e. The third-order valence-corrected chi connectivity index (χ3v) is 15.4. The van der Waals surface area contributed by atoms with Gasteiger partial charge < -0.3 is 0 Å². The largest absolute Gasteiger partial charge is 0.158 e. The Morgan fingerprint density at radius 1 is 0.867 bits per heavy atom. The van der Waals surface area contributed by atoms with Gasteiger partial charge in [0.05, 0.1) is 0 Å². The molecule has 0 aromatic rings. The lowest BCUT2D eigenvalue weighted by molar-refractivity contribution is 0.852. The van der Waals surface area contributed by atoms with Crippen LogP contribution in [0.4, 0.5) is 0 Å². The van der Waals surface area contributed by atoms with Gasteiger partial charge in [0.15, 0.2) is 0 Å². The molecule has 0 N–H and O–H groups in total. The Hall–Kier alpha value is 0.307. The lowest BCUT2D eigenvalue weighted by Crippen LogP contribution is -2.40. The van der Waals surface area contributed by atoms with E-state index in [1.54, 1.807) is 0 Å². The molecule has 0 aromatic carbocycles. The van der Waals surface area contributed by atoms with E-state index >= 15 is 0 Å². The molecule has 0 heterocycles. The van der Waals surface area contributed by atoms with Crippen molar-refractivity contribution in [2.45, 2.75) is 72.0 Å². The van der Waals surface area contributed by atoms with Crippen LogP contribution in [-0.4, -0.2) is 7.22 Å². The van der Waals surface area contributed by atoms with Crippen molar-refractivity contribution < 1.29 is 0 Å². The van der Waals surface area contributed by atoms with Gasteiger partial charge in [-0.25, -0.2) is 0 Å². The van der Waals surface area contributed by atoms with Gasteiger partial charge in [0.25, 0.3) is 0 Å². The average molecular weight is 245 g/mol. The van der Waals surface area contributed by atoms with Gasteiger partial charge in [0.1, 0.15) is 7.22 Å². The molecule has 0 unspecified atom stereocenters. The second-order valence-corrected chi connectivity index (χ2v) is 14.1. The summed E-state index contributed by atoms with van der Waals surface area (Å²) in [6.07, 6.45) is 0. The van der Waals surface area contributed by atoms with Crippen molar-refractivity contribution in [3.63, 3.8) is 0 Å². The van der Waals surface area contributed by atoms with E-state index in [1.165, 1.54) is 5.57 Å². The number of hydrogen-bond acceptors (Lipinski definition) is 1. The Kier molecular flexibility index (Phi) is 6.27. The molecule has 0 aliphatic rings. The minimum absolute atomic E-state index is 0.845. The Labute approximate surface area is 102 Å². The normalized spacial score (nSPS) is 12.7. The summed E-state index contributed by atoms with van der Waals surface area (Å²) in [5.74, 6) is 0. The first-order chi connectivity index (χ1) is 6.75. The molecule has 0 saturated heterocycles. The van der Waals surface area contributed by atoms with Crippen molar-refractivity contribution >= 4 is 18.4 Å². The molecule has 0 fully saturated rings. The van der Waals surface area contributed by atoms with E-state index < -0.39 is 7.22 Å². The fourth-order valence-electron chi connectivity index (χ4n) is 2.63. The molecule has 0 aliphatic heterocycles. The lowest BCUT2D eigenvalue weighted by Gasteiger charge is -2.41. The summed E-state index contributed by atoms with van der Waals surface area (Å²) in [6.45, 7) is 18.9. The molecule has 0 aromatic heterocycles. The van der Waals surface area contributed by atoms with Gasteiger partial charge in [-0.1, -0.05) is 47.1 Å². The van der Waals surface area contributed by atoms with Crippen LogP contribution in [0.3, 0.4) is 0 Å². The third-order valence-electron chi connectivity index (χ3n) is 3.21. The van der Waals surface area contributed by atoms with Crippen molar-refractivity contribution in [3.05, 3.63) is 11.0 Å². The van der Waals surface area contributed by atoms with E-state index in [2.05, 4.69) is 72.0 Å². The summed E-state index contributed by atoms with van der Waals surface area (Å²) >= 11 is 2.18. The molecule has 0 amide bonds. The Morgan fingerprint density at radius 3 is 1.40 bits per heavy atom. The zero-order valence-corrected chi connectivity index (χ0v) is 13.5. The van der Waals surface area contributed by atoms with Gasteiger partial charge in [0, 0.05) is 0 Å². The summed E-state index contributed by atoms with van der Waals surface area (Å²) in [4.78, 5) is 0. The van der Waals surface area contributed by atoms with Crippen molar-refractivity contribution in [2.24, 2.45) is 0 Å². The predicted octanol–water partition coefficient (Wildman–Crippen LogP) is 5.82. The van der Waals surface area contributed by atoms with Gasteiger partial charge in [-0.15, -0.1) is 0 Å². The van der Waals surface area contributed by atoms with E-state index in [4.69, 9.17) is 0 Å². The van der Waals surface area contributed by atoms with E-state index in [0.717, 1.165) is 16.6 Å². The molecule has 0 bridgehead atoms. The Morgan fingerprint density at radius 2 is 1.20 bits per heavy atom. The molecule has 0 rings (SSSR count). The monoisotopic (exact) mass is 244 g/mol. The molecule has 0 saturated carbocycles. The third kappa shape index (κ3) is 3.67. The molecule has 15 heavy (non-hydrogen) atoms.